The first-order chi connectivity index (χ1) is 8.22. The maximum Gasteiger partial charge on any atom is 0.224 e. The van der Waals surface area contributed by atoms with E-state index in [2.05, 4.69) is 24.1 Å². The van der Waals surface area contributed by atoms with E-state index in [1.54, 1.807) is 0 Å². The summed E-state index contributed by atoms with van der Waals surface area (Å²) in [6, 6.07) is 0.888. The van der Waals surface area contributed by atoms with Gasteiger partial charge in [-0.05, 0) is 45.1 Å². The molecule has 1 saturated heterocycles. The topological polar surface area (TPSA) is 32.3 Å². The van der Waals surface area contributed by atoms with Crippen LogP contribution in [0, 0.1) is 5.92 Å². The Bertz CT molecular complexity index is 267. The first-order valence-corrected chi connectivity index (χ1v) is 7.25. The van der Waals surface area contributed by atoms with Crippen molar-refractivity contribution in [2.75, 3.05) is 13.1 Å². The summed E-state index contributed by atoms with van der Waals surface area (Å²) in [5, 5.41) is 3.33. The van der Waals surface area contributed by atoms with Gasteiger partial charge >= 0.3 is 0 Å². The molecular formula is C14H26N2O. The monoisotopic (exact) mass is 238 g/mol. The van der Waals surface area contributed by atoms with Gasteiger partial charge in [0.15, 0.2) is 0 Å². The first kappa shape index (κ1) is 12.9. The van der Waals surface area contributed by atoms with E-state index in [0.717, 1.165) is 19.0 Å². The van der Waals surface area contributed by atoms with Gasteiger partial charge in [-0.3, -0.25) is 4.79 Å². The molecule has 3 nitrogen and oxygen atoms in total. The molecule has 1 saturated carbocycles. The summed E-state index contributed by atoms with van der Waals surface area (Å²) in [7, 11) is 0. The van der Waals surface area contributed by atoms with Crippen LogP contribution in [-0.4, -0.2) is 36.0 Å². The van der Waals surface area contributed by atoms with E-state index in [0.29, 0.717) is 24.4 Å². The van der Waals surface area contributed by atoms with E-state index in [1.165, 1.54) is 32.1 Å². The van der Waals surface area contributed by atoms with E-state index < -0.39 is 0 Å². The Kier molecular flexibility index (Phi) is 4.43. The molecule has 0 radical (unpaired) electrons. The van der Waals surface area contributed by atoms with E-state index in [-0.39, 0.29) is 0 Å². The smallest absolute Gasteiger partial charge is 0.224 e. The lowest BCUT2D eigenvalue weighted by Crippen LogP contribution is -2.47. The van der Waals surface area contributed by atoms with Crippen molar-refractivity contribution in [2.24, 2.45) is 5.92 Å². The molecule has 1 aliphatic carbocycles. The second kappa shape index (κ2) is 5.85. The minimum Gasteiger partial charge on any atom is -0.339 e. The van der Waals surface area contributed by atoms with Crippen molar-refractivity contribution >= 4 is 5.91 Å². The number of nitrogens with zero attached hydrogens (tertiary/aromatic N) is 1. The molecular weight excluding hydrogens is 212 g/mol. The van der Waals surface area contributed by atoms with Crippen LogP contribution in [0.15, 0.2) is 0 Å². The van der Waals surface area contributed by atoms with Gasteiger partial charge in [0.05, 0.1) is 0 Å². The number of nitrogens with one attached hydrogen (secondary N) is 1. The fourth-order valence-corrected chi connectivity index (χ4v) is 3.56. The number of fused-ring (bicyclic) bond motifs is 1. The summed E-state index contributed by atoms with van der Waals surface area (Å²) >= 11 is 0. The number of carbonyl (C=O) groups is 1. The van der Waals surface area contributed by atoms with Crippen molar-refractivity contribution in [3.05, 3.63) is 0 Å². The van der Waals surface area contributed by atoms with E-state index in [1.807, 2.05) is 0 Å². The average molecular weight is 238 g/mol. The van der Waals surface area contributed by atoms with Crippen LogP contribution in [0.5, 0.6) is 0 Å². The second-order valence-corrected chi connectivity index (χ2v) is 5.65. The third kappa shape index (κ3) is 3.01. The molecule has 1 N–H and O–H groups in total. The lowest BCUT2D eigenvalue weighted by molar-refractivity contribution is -0.136. The summed E-state index contributed by atoms with van der Waals surface area (Å²) in [5.74, 6) is 1.18. The molecule has 0 aromatic rings. The Morgan fingerprint density at radius 3 is 2.88 bits per heavy atom. The third-order valence-electron chi connectivity index (χ3n) is 4.35. The molecule has 0 spiro atoms. The van der Waals surface area contributed by atoms with Gasteiger partial charge in [-0.2, -0.15) is 0 Å². The fraction of sp³-hybridized carbons (Fsp3) is 0.929. The molecule has 2 fully saturated rings. The van der Waals surface area contributed by atoms with Crippen molar-refractivity contribution in [1.29, 1.82) is 0 Å². The molecule has 3 heteroatoms. The Labute approximate surface area is 105 Å². The fourth-order valence-electron chi connectivity index (χ4n) is 3.56. The van der Waals surface area contributed by atoms with Gasteiger partial charge in [0.25, 0.3) is 0 Å². The molecule has 1 aliphatic heterocycles. The number of amides is 1. The summed E-state index contributed by atoms with van der Waals surface area (Å²) in [4.78, 5) is 14.5. The van der Waals surface area contributed by atoms with Crippen LogP contribution in [0.1, 0.15) is 52.4 Å². The van der Waals surface area contributed by atoms with Crippen molar-refractivity contribution in [2.45, 2.75) is 64.5 Å². The predicted octanol–water partition coefficient (Wildman–Crippen LogP) is 2.17. The zero-order valence-corrected chi connectivity index (χ0v) is 11.2. The first-order valence-electron chi connectivity index (χ1n) is 7.25. The van der Waals surface area contributed by atoms with E-state index >= 15 is 0 Å². The van der Waals surface area contributed by atoms with Gasteiger partial charge in [-0.25, -0.2) is 0 Å². The van der Waals surface area contributed by atoms with Crippen LogP contribution in [0.2, 0.25) is 0 Å². The van der Waals surface area contributed by atoms with Gasteiger partial charge < -0.3 is 10.2 Å². The van der Waals surface area contributed by atoms with Crippen molar-refractivity contribution in [3.8, 4) is 0 Å². The SMILES string of the molecule is CCNC(C)CC(=O)N1CCCC2CCCC21. The van der Waals surface area contributed by atoms with Crippen molar-refractivity contribution in [1.82, 2.24) is 10.2 Å². The van der Waals surface area contributed by atoms with Crippen LogP contribution in [-0.2, 0) is 4.79 Å². The molecule has 0 bridgehead atoms. The quantitative estimate of drug-likeness (QED) is 0.814. The Hall–Kier alpha value is -0.570. The molecule has 17 heavy (non-hydrogen) atoms. The summed E-state index contributed by atoms with van der Waals surface area (Å²) in [6.07, 6.45) is 7.13. The number of carbonyl (C=O) groups excluding carboxylic acids is 1. The van der Waals surface area contributed by atoms with Crippen molar-refractivity contribution in [3.63, 3.8) is 0 Å². The van der Waals surface area contributed by atoms with Gasteiger partial charge in [0.1, 0.15) is 0 Å². The molecule has 1 heterocycles. The second-order valence-electron chi connectivity index (χ2n) is 5.65. The predicted molar refractivity (Wildman–Crippen MR) is 69.8 cm³/mol. The highest BCUT2D eigenvalue weighted by molar-refractivity contribution is 5.77. The normalized spacial score (nSPS) is 30.1. The highest BCUT2D eigenvalue weighted by atomic mass is 16.2. The van der Waals surface area contributed by atoms with Gasteiger partial charge in [0.2, 0.25) is 5.91 Å². The molecule has 2 rings (SSSR count). The van der Waals surface area contributed by atoms with E-state index in [9.17, 15) is 4.79 Å². The van der Waals surface area contributed by atoms with Gasteiger partial charge in [0, 0.05) is 25.0 Å². The lowest BCUT2D eigenvalue weighted by atomic mass is 9.91. The van der Waals surface area contributed by atoms with Crippen LogP contribution >= 0.6 is 0 Å². The minimum absolute atomic E-state index is 0.314. The Balaban J connectivity index is 1.89. The number of piperidine rings is 1. The highest BCUT2D eigenvalue weighted by Gasteiger charge is 2.37. The number of hydrogen-bond donors (Lipinski definition) is 1. The largest absolute Gasteiger partial charge is 0.339 e. The number of likely N-dealkylation sites (tertiary alicyclic amines) is 1. The molecule has 0 aromatic carbocycles. The number of hydrogen-bond acceptors (Lipinski definition) is 2. The Morgan fingerprint density at radius 1 is 1.35 bits per heavy atom. The van der Waals surface area contributed by atoms with E-state index in [4.69, 9.17) is 0 Å². The summed E-state index contributed by atoms with van der Waals surface area (Å²) in [6.45, 7) is 6.14. The molecule has 3 unspecified atom stereocenters. The molecule has 3 atom stereocenters. The van der Waals surface area contributed by atoms with Crippen LogP contribution in [0.25, 0.3) is 0 Å². The third-order valence-corrected chi connectivity index (χ3v) is 4.35. The zero-order valence-electron chi connectivity index (χ0n) is 11.2. The Morgan fingerprint density at radius 2 is 2.12 bits per heavy atom. The number of rotatable bonds is 4. The minimum atomic E-state index is 0.314. The summed E-state index contributed by atoms with van der Waals surface area (Å²) in [5.41, 5.74) is 0. The zero-order chi connectivity index (χ0) is 12.3. The molecule has 1 amide bonds. The molecule has 98 valence electrons. The highest BCUT2D eigenvalue weighted by Crippen LogP contribution is 2.36. The van der Waals surface area contributed by atoms with Crippen molar-refractivity contribution < 1.29 is 4.79 Å². The lowest BCUT2D eigenvalue weighted by Gasteiger charge is -2.38. The van der Waals surface area contributed by atoms with Gasteiger partial charge in [-0.15, -0.1) is 0 Å². The maximum atomic E-state index is 12.3. The molecule has 0 aromatic heterocycles. The van der Waals surface area contributed by atoms with Gasteiger partial charge in [-0.1, -0.05) is 13.3 Å². The van der Waals surface area contributed by atoms with Crippen LogP contribution in [0.3, 0.4) is 0 Å². The standard InChI is InChI=1S/C14H26N2O/c1-3-15-11(2)10-14(17)16-9-5-7-12-6-4-8-13(12)16/h11-13,15H,3-10H2,1-2H3. The summed E-state index contributed by atoms with van der Waals surface area (Å²) < 4.78 is 0. The van der Waals surface area contributed by atoms with Crippen LogP contribution in [0.4, 0.5) is 0 Å². The average Bonchev–Trinajstić information content (AvgIpc) is 2.76. The van der Waals surface area contributed by atoms with Crippen LogP contribution < -0.4 is 5.32 Å². The molecule has 2 aliphatic rings. The maximum absolute atomic E-state index is 12.3.